The molecule has 0 fully saturated rings. The fraction of sp³-hybridized carbons (Fsp3) is 0.0909. The lowest BCUT2D eigenvalue weighted by Crippen LogP contribution is -1.90. The molecule has 0 amide bonds. The van der Waals surface area contributed by atoms with Crippen LogP contribution in [0.25, 0.3) is 10.8 Å². The minimum absolute atomic E-state index is 0.432. The van der Waals surface area contributed by atoms with Crippen molar-refractivity contribution in [2.24, 2.45) is 0 Å². The number of rotatable bonds is 1. The van der Waals surface area contributed by atoms with Crippen LogP contribution in [-0.2, 0) is 0 Å². The third-order valence-electron chi connectivity index (χ3n) is 2.08. The summed E-state index contributed by atoms with van der Waals surface area (Å²) in [7, 11) is 1.59. The van der Waals surface area contributed by atoms with Crippen molar-refractivity contribution in [3.05, 3.63) is 36.2 Å². The Morgan fingerprint density at radius 2 is 2.00 bits per heavy atom. The molecule has 14 heavy (non-hydrogen) atoms. The smallest absolute Gasteiger partial charge is 0.148 e. The molecule has 0 unspecified atom stereocenters. The summed E-state index contributed by atoms with van der Waals surface area (Å²) >= 11 is 0. The third kappa shape index (κ3) is 1.17. The molecule has 3 nitrogen and oxygen atoms in total. The van der Waals surface area contributed by atoms with Gasteiger partial charge in [-0.1, -0.05) is 24.3 Å². The maximum Gasteiger partial charge on any atom is 0.148 e. The molecule has 2 aromatic rings. The van der Waals surface area contributed by atoms with Crippen LogP contribution in [0.15, 0.2) is 30.5 Å². The van der Waals surface area contributed by atoms with Gasteiger partial charge in [-0.2, -0.15) is 5.26 Å². The summed E-state index contributed by atoms with van der Waals surface area (Å²) < 4.78 is 5.16. The first-order valence-corrected chi connectivity index (χ1v) is 4.18. The maximum absolute atomic E-state index is 8.85. The first kappa shape index (κ1) is 8.52. The van der Waals surface area contributed by atoms with Gasteiger partial charge in [0.15, 0.2) is 0 Å². The van der Waals surface area contributed by atoms with Crippen LogP contribution in [-0.4, -0.2) is 12.1 Å². The summed E-state index contributed by atoms with van der Waals surface area (Å²) in [5.41, 5.74) is 0.432. The van der Waals surface area contributed by atoms with Crippen LogP contribution in [0.4, 0.5) is 0 Å². The lowest BCUT2D eigenvalue weighted by Gasteiger charge is -2.04. The number of benzene rings is 1. The summed E-state index contributed by atoms with van der Waals surface area (Å²) in [6.45, 7) is 0. The lowest BCUT2D eigenvalue weighted by atomic mass is 10.1. The van der Waals surface area contributed by atoms with Crippen LogP contribution in [0.2, 0.25) is 0 Å². The molecule has 1 heterocycles. The number of hydrogen-bond donors (Lipinski definition) is 0. The number of nitriles is 1. The van der Waals surface area contributed by atoms with Crippen LogP contribution in [0.5, 0.6) is 5.75 Å². The van der Waals surface area contributed by atoms with E-state index < -0.39 is 0 Å². The average Bonchev–Trinajstić information content (AvgIpc) is 2.27. The zero-order valence-corrected chi connectivity index (χ0v) is 7.69. The first-order valence-electron chi connectivity index (χ1n) is 4.18. The Labute approximate surface area is 81.6 Å². The molecule has 68 valence electrons. The van der Waals surface area contributed by atoms with E-state index in [9.17, 15) is 0 Å². The van der Waals surface area contributed by atoms with Crippen LogP contribution >= 0.6 is 0 Å². The van der Waals surface area contributed by atoms with Gasteiger partial charge in [0.2, 0.25) is 0 Å². The van der Waals surface area contributed by atoms with Crippen LogP contribution in [0, 0.1) is 11.3 Å². The monoisotopic (exact) mass is 184 g/mol. The summed E-state index contributed by atoms with van der Waals surface area (Å²) in [6, 6.07) is 9.62. The van der Waals surface area contributed by atoms with Crippen molar-refractivity contribution >= 4 is 10.8 Å². The van der Waals surface area contributed by atoms with E-state index in [-0.39, 0.29) is 0 Å². The minimum Gasteiger partial charge on any atom is -0.494 e. The maximum atomic E-state index is 8.85. The molecular formula is C11H8N2O. The molecule has 0 atom stereocenters. The molecule has 0 aliphatic carbocycles. The minimum atomic E-state index is 0.432. The molecule has 0 aliphatic heterocycles. The Kier molecular flexibility index (Phi) is 2.04. The van der Waals surface area contributed by atoms with E-state index in [4.69, 9.17) is 10.00 Å². The van der Waals surface area contributed by atoms with E-state index in [2.05, 4.69) is 11.1 Å². The molecule has 0 saturated heterocycles. The Morgan fingerprint density at radius 3 is 2.64 bits per heavy atom. The standard InChI is InChI=1S/C11H8N2O/c1-14-11-7-13-10(6-12)8-4-2-3-5-9(8)11/h2-5,7H,1H3. The topological polar surface area (TPSA) is 45.9 Å². The highest BCUT2D eigenvalue weighted by Gasteiger charge is 2.05. The van der Waals surface area contributed by atoms with Gasteiger partial charge in [0, 0.05) is 10.8 Å². The van der Waals surface area contributed by atoms with E-state index in [1.165, 1.54) is 0 Å². The molecule has 0 saturated carbocycles. The van der Waals surface area contributed by atoms with Gasteiger partial charge in [-0.25, -0.2) is 4.98 Å². The zero-order chi connectivity index (χ0) is 9.97. The van der Waals surface area contributed by atoms with Gasteiger partial charge in [0.25, 0.3) is 0 Å². The SMILES string of the molecule is COc1cnc(C#N)c2ccccc12. The number of nitrogens with zero attached hydrogens (tertiary/aromatic N) is 2. The molecule has 0 aliphatic rings. The van der Waals surface area contributed by atoms with Crippen molar-refractivity contribution in [1.82, 2.24) is 4.98 Å². The summed E-state index contributed by atoms with van der Waals surface area (Å²) in [5, 5.41) is 10.6. The van der Waals surface area contributed by atoms with Crippen molar-refractivity contribution in [2.45, 2.75) is 0 Å². The highest BCUT2D eigenvalue weighted by molar-refractivity contribution is 5.91. The third-order valence-corrected chi connectivity index (χ3v) is 2.08. The van der Waals surface area contributed by atoms with E-state index in [0.717, 1.165) is 10.8 Å². The normalized spacial score (nSPS) is 9.71. The fourth-order valence-electron chi connectivity index (χ4n) is 1.42. The van der Waals surface area contributed by atoms with Crippen molar-refractivity contribution in [3.63, 3.8) is 0 Å². The summed E-state index contributed by atoms with van der Waals surface area (Å²) in [6.07, 6.45) is 1.57. The molecule has 0 spiro atoms. The van der Waals surface area contributed by atoms with E-state index in [0.29, 0.717) is 11.4 Å². The highest BCUT2D eigenvalue weighted by Crippen LogP contribution is 2.25. The van der Waals surface area contributed by atoms with Gasteiger partial charge < -0.3 is 4.74 Å². The molecule has 3 heteroatoms. The molecule has 0 N–H and O–H groups in total. The number of fused-ring (bicyclic) bond motifs is 1. The van der Waals surface area contributed by atoms with Gasteiger partial charge in [-0.05, 0) is 0 Å². The number of pyridine rings is 1. The lowest BCUT2D eigenvalue weighted by molar-refractivity contribution is 0.418. The summed E-state index contributed by atoms with van der Waals surface area (Å²) in [4.78, 5) is 4.01. The predicted molar refractivity (Wildman–Crippen MR) is 53.0 cm³/mol. The first-order chi connectivity index (χ1) is 6.86. The van der Waals surface area contributed by atoms with Gasteiger partial charge in [0.05, 0.1) is 13.3 Å². The highest BCUT2D eigenvalue weighted by atomic mass is 16.5. The zero-order valence-electron chi connectivity index (χ0n) is 7.69. The quantitative estimate of drug-likeness (QED) is 0.681. The van der Waals surface area contributed by atoms with Crippen molar-refractivity contribution < 1.29 is 4.74 Å². The van der Waals surface area contributed by atoms with Gasteiger partial charge in [0.1, 0.15) is 17.5 Å². The van der Waals surface area contributed by atoms with Crippen molar-refractivity contribution in [1.29, 1.82) is 5.26 Å². The van der Waals surface area contributed by atoms with E-state index in [1.807, 2.05) is 24.3 Å². The number of methoxy groups -OCH3 is 1. The van der Waals surface area contributed by atoms with Crippen molar-refractivity contribution in [3.8, 4) is 11.8 Å². The fourth-order valence-corrected chi connectivity index (χ4v) is 1.42. The Bertz CT molecular complexity index is 514. The van der Waals surface area contributed by atoms with Crippen LogP contribution in [0.1, 0.15) is 5.69 Å². The van der Waals surface area contributed by atoms with Gasteiger partial charge in [-0.3, -0.25) is 0 Å². The molecule has 1 aromatic heterocycles. The molecular weight excluding hydrogens is 176 g/mol. The molecule has 1 aromatic carbocycles. The van der Waals surface area contributed by atoms with Crippen LogP contribution < -0.4 is 4.74 Å². The number of hydrogen-bond acceptors (Lipinski definition) is 3. The largest absolute Gasteiger partial charge is 0.494 e. The van der Waals surface area contributed by atoms with Crippen molar-refractivity contribution in [2.75, 3.05) is 7.11 Å². The van der Waals surface area contributed by atoms with E-state index >= 15 is 0 Å². The number of ether oxygens (including phenoxy) is 1. The second-order valence-corrected chi connectivity index (χ2v) is 2.83. The number of aromatic nitrogens is 1. The Balaban J connectivity index is 2.87. The second-order valence-electron chi connectivity index (χ2n) is 2.83. The molecule has 0 bridgehead atoms. The second kappa shape index (κ2) is 3.35. The summed E-state index contributed by atoms with van der Waals surface area (Å²) in [5.74, 6) is 0.694. The van der Waals surface area contributed by atoms with Gasteiger partial charge >= 0.3 is 0 Å². The van der Waals surface area contributed by atoms with Crippen LogP contribution in [0.3, 0.4) is 0 Å². The van der Waals surface area contributed by atoms with E-state index in [1.54, 1.807) is 13.3 Å². The average molecular weight is 184 g/mol. The molecule has 0 radical (unpaired) electrons. The Morgan fingerprint density at radius 1 is 1.29 bits per heavy atom. The molecule has 2 rings (SSSR count). The Hall–Kier alpha value is -2.08. The van der Waals surface area contributed by atoms with Gasteiger partial charge in [-0.15, -0.1) is 0 Å². The predicted octanol–water partition coefficient (Wildman–Crippen LogP) is 2.12.